The Morgan fingerprint density at radius 2 is 2.31 bits per heavy atom. The van der Waals surface area contributed by atoms with Crippen LogP contribution < -0.4 is 5.32 Å². The summed E-state index contributed by atoms with van der Waals surface area (Å²) in [4.78, 5) is 1.50. The smallest absolute Gasteiger partial charge is 0.0587 e. The van der Waals surface area contributed by atoms with Crippen LogP contribution in [0.3, 0.4) is 0 Å². The fourth-order valence-electron chi connectivity index (χ4n) is 1.80. The van der Waals surface area contributed by atoms with Gasteiger partial charge in [-0.2, -0.15) is 0 Å². The summed E-state index contributed by atoms with van der Waals surface area (Å²) < 4.78 is 5.04. The minimum absolute atomic E-state index is 0.641. The predicted octanol–water partition coefficient (Wildman–Crippen LogP) is 3.11. The van der Waals surface area contributed by atoms with E-state index in [0.29, 0.717) is 5.92 Å². The van der Waals surface area contributed by atoms with Crippen molar-refractivity contribution in [2.24, 2.45) is 5.92 Å². The normalized spacial score (nSPS) is 14.9. The third kappa shape index (κ3) is 4.24. The number of thiophene rings is 1. The molecule has 0 radical (unpaired) electrons. The zero-order chi connectivity index (χ0) is 11.8. The number of nitrogens with one attached hydrogen (secondary N) is 1. The van der Waals surface area contributed by atoms with Crippen molar-refractivity contribution in [1.82, 2.24) is 5.32 Å². The van der Waals surface area contributed by atoms with Crippen LogP contribution >= 0.6 is 11.3 Å². The second-order valence-electron chi connectivity index (χ2n) is 4.20. The standard InChI is InChI=1S/C13H23NOS/c1-4-11(2)12(10-14-7-8-15-3)13-6-5-9-16-13/h5-6,9,11-12,14H,4,7-8,10H2,1-3H3. The Hall–Kier alpha value is -0.380. The summed E-state index contributed by atoms with van der Waals surface area (Å²) >= 11 is 1.87. The van der Waals surface area contributed by atoms with Crippen LogP contribution in [0, 0.1) is 5.92 Å². The van der Waals surface area contributed by atoms with Gasteiger partial charge in [-0.05, 0) is 17.4 Å². The lowest BCUT2D eigenvalue weighted by Gasteiger charge is -2.22. The van der Waals surface area contributed by atoms with E-state index >= 15 is 0 Å². The van der Waals surface area contributed by atoms with Gasteiger partial charge >= 0.3 is 0 Å². The summed E-state index contributed by atoms with van der Waals surface area (Å²) in [6.45, 7) is 7.38. The lowest BCUT2D eigenvalue weighted by molar-refractivity contribution is 0.198. The molecule has 1 aromatic heterocycles. The van der Waals surface area contributed by atoms with Crippen molar-refractivity contribution in [3.63, 3.8) is 0 Å². The Morgan fingerprint density at radius 1 is 1.50 bits per heavy atom. The first-order valence-electron chi connectivity index (χ1n) is 6.02. The summed E-state index contributed by atoms with van der Waals surface area (Å²) in [5.74, 6) is 1.37. The molecule has 16 heavy (non-hydrogen) atoms. The van der Waals surface area contributed by atoms with E-state index < -0.39 is 0 Å². The molecule has 0 saturated carbocycles. The van der Waals surface area contributed by atoms with Gasteiger partial charge in [-0.25, -0.2) is 0 Å². The molecule has 3 heteroatoms. The topological polar surface area (TPSA) is 21.3 Å². The largest absolute Gasteiger partial charge is 0.383 e. The fraction of sp³-hybridized carbons (Fsp3) is 0.692. The van der Waals surface area contributed by atoms with Gasteiger partial charge in [0.2, 0.25) is 0 Å². The highest BCUT2D eigenvalue weighted by Gasteiger charge is 2.18. The third-order valence-corrected chi connectivity index (χ3v) is 4.09. The second-order valence-corrected chi connectivity index (χ2v) is 5.18. The van der Waals surface area contributed by atoms with Gasteiger partial charge in [0.15, 0.2) is 0 Å². The van der Waals surface area contributed by atoms with Crippen molar-refractivity contribution < 1.29 is 4.74 Å². The Balaban J connectivity index is 2.45. The molecule has 0 aliphatic carbocycles. The monoisotopic (exact) mass is 241 g/mol. The second kappa shape index (κ2) is 7.82. The molecule has 1 aromatic rings. The average molecular weight is 241 g/mol. The Morgan fingerprint density at radius 3 is 2.88 bits per heavy atom. The highest BCUT2D eigenvalue weighted by Crippen LogP contribution is 2.29. The summed E-state index contributed by atoms with van der Waals surface area (Å²) in [7, 11) is 1.74. The van der Waals surface area contributed by atoms with Crippen LogP contribution in [0.2, 0.25) is 0 Å². The average Bonchev–Trinajstić information content (AvgIpc) is 2.82. The van der Waals surface area contributed by atoms with E-state index in [1.54, 1.807) is 7.11 Å². The van der Waals surface area contributed by atoms with Gasteiger partial charge in [-0.15, -0.1) is 11.3 Å². The van der Waals surface area contributed by atoms with Gasteiger partial charge in [0, 0.05) is 31.0 Å². The number of rotatable bonds is 8. The number of hydrogen-bond donors (Lipinski definition) is 1. The van der Waals surface area contributed by atoms with E-state index in [9.17, 15) is 0 Å². The van der Waals surface area contributed by atoms with Gasteiger partial charge in [0.05, 0.1) is 6.61 Å². The zero-order valence-electron chi connectivity index (χ0n) is 10.5. The van der Waals surface area contributed by atoms with Crippen molar-refractivity contribution >= 4 is 11.3 Å². The molecule has 2 unspecified atom stereocenters. The number of ether oxygens (including phenoxy) is 1. The number of methoxy groups -OCH3 is 1. The third-order valence-electron chi connectivity index (χ3n) is 3.09. The SMILES string of the molecule is CCC(C)C(CNCCOC)c1cccs1. The van der Waals surface area contributed by atoms with E-state index in [1.807, 2.05) is 11.3 Å². The summed E-state index contributed by atoms with van der Waals surface area (Å²) in [5.41, 5.74) is 0. The van der Waals surface area contributed by atoms with Gasteiger partial charge in [0.25, 0.3) is 0 Å². The molecule has 1 heterocycles. The van der Waals surface area contributed by atoms with Gasteiger partial charge in [-0.3, -0.25) is 0 Å². The maximum absolute atomic E-state index is 5.04. The molecule has 0 amide bonds. The van der Waals surface area contributed by atoms with Gasteiger partial charge in [-0.1, -0.05) is 26.3 Å². The fourth-order valence-corrected chi connectivity index (χ4v) is 2.76. The summed E-state index contributed by atoms with van der Waals surface area (Å²) in [6.07, 6.45) is 1.23. The van der Waals surface area contributed by atoms with E-state index in [1.165, 1.54) is 11.3 Å². The van der Waals surface area contributed by atoms with Crippen LogP contribution in [0.25, 0.3) is 0 Å². The molecule has 0 aliphatic rings. The van der Waals surface area contributed by atoms with E-state index in [4.69, 9.17) is 4.74 Å². The molecule has 0 aromatic carbocycles. The van der Waals surface area contributed by atoms with E-state index in [0.717, 1.165) is 25.6 Å². The molecule has 2 nitrogen and oxygen atoms in total. The van der Waals surface area contributed by atoms with Gasteiger partial charge in [0.1, 0.15) is 0 Å². The summed E-state index contributed by atoms with van der Waals surface area (Å²) in [6, 6.07) is 4.39. The van der Waals surface area contributed by atoms with Crippen molar-refractivity contribution in [2.75, 3.05) is 26.8 Å². The molecule has 0 spiro atoms. The summed E-state index contributed by atoms with van der Waals surface area (Å²) in [5, 5.41) is 5.64. The molecule has 0 aliphatic heterocycles. The lowest BCUT2D eigenvalue weighted by Crippen LogP contribution is -2.27. The van der Waals surface area contributed by atoms with Crippen molar-refractivity contribution in [1.29, 1.82) is 0 Å². The van der Waals surface area contributed by atoms with Crippen LogP contribution in [0.1, 0.15) is 31.1 Å². The number of hydrogen-bond acceptors (Lipinski definition) is 3. The van der Waals surface area contributed by atoms with Crippen LogP contribution in [0.5, 0.6) is 0 Å². The molecule has 1 N–H and O–H groups in total. The van der Waals surface area contributed by atoms with Gasteiger partial charge < -0.3 is 10.1 Å². The molecule has 0 bridgehead atoms. The van der Waals surface area contributed by atoms with Crippen molar-refractivity contribution in [2.45, 2.75) is 26.2 Å². The minimum Gasteiger partial charge on any atom is -0.383 e. The Kier molecular flexibility index (Phi) is 6.69. The highest BCUT2D eigenvalue weighted by atomic mass is 32.1. The Labute approximate surface area is 103 Å². The van der Waals surface area contributed by atoms with Crippen molar-refractivity contribution in [3.8, 4) is 0 Å². The van der Waals surface area contributed by atoms with Crippen LogP contribution in [-0.2, 0) is 4.74 Å². The minimum atomic E-state index is 0.641. The lowest BCUT2D eigenvalue weighted by atomic mass is 9.90. The molecule has 0 fully saturated rings. The molecular formula is C13H23NOS. The van der Waals surface area contributed by atoms with Crippen LogP contribution in [0.15, 0.2) is 17.5 Å². The maximum Gasteiger partial charge on any atom is 0.0587 e. The van der Waals surface area contributed by atoms with E-state index in [-0.39, 0.29) is 0 Å². The van der Waals surface area contributed by atoms with Crippen LogP contribution in [-0.4, -0.2) is 26.8 Å². The highest BCUT2D eigenvalue weighted by molar-refractivity contribution is 7.10. The zero-order valence-corrected chi connectivity index (χ0v) is 11.3. The first-order chi connectivity index (χ1) is 7.79. The Bertz CT molecular complexity index is 261. The molecule has 1 rings (SSSR count). The maximum atomic E-state index is 5.04. The van der Waals surface area contributed by atoms with Crippen LogP contribution in [0.4, 0.5) is 0 Å². The van der Waals surface area contributed by atoms with E-state index in [2.05, 4.69) is 36.7 Å². The first-order valence-corrected chi connectivity index (χ1v) is 6.90. The van der Waals surface area contributed by atoms with Crippen molar-refractivity contribution in [3.05, 3.63) is 22.4 Å². The quantitative estimate of drug-likeness (QED) is 0.706. The predicted molar refractivity (Wildman–Crippen MR) is 71.3 cm³/mol. The molecular weight excluding hydrogens is 218 g/mol. The first kappa shape index (κ1) is 13.7. The molecule has 0 saturated heterocycles. The molecule has 92 valence electrons. The molecule has 2 atom stereocenters.